The van der Waals surface area contributed by atoms with Crippen molar-refractivity contribution in [1.82, 2.24) is 0 Å². The average molecular weight is 328 g/mol. The van der Waals surface area contributed by atoms with Gasteiger partial charge in [-0.3, -0.25) is 9.59 Å². The van der Waals surface area contributed by atoms with Crippen molar-refractivity contribution < 1.29 is 14.3 Å². The van der Waals surface area contributed by atoms with E-state index in [4.69, 9.17) is 4.74 Å². The molecule has 1 atom stereocenters. The molecule has 25 heavy (non-hydrogen) atoms. The third-order valence-electron chi connectivity index (χ3n) is 4.48. The molecule has 0 saturated heterocycles. The van der Waals surface area contributed by atoms with E-state index in [-0.39, 0.29) is 5.78 Å². The molecule has 0 aromatic heterocycles. The Balaban J connectivity index is 1.64. The van der Waals surface area contributed by atoms with Crippen molar-refractivity contribution >= 4 is 28.6 Å². The number of benzene rings is 3. The summed E-state index contributed by atoms with van der Waals surface area (Å²) in [4.78, 5) is 24.8. The van der Waals surface area contributed by atoms with Gasteiger partial charge in [0.15, 0.2) is 5.78 Å². The number of hydrogen-bond donors (Lipinski definition) is 0. The standard InChI is InChI=1S/C22H16O3/c23-20(12-10-15-6-2-1-3-7-15)19-14-18-17-9-5-4-8-16(17)11-13-21(18)25-22(19)24/h1-13,19H,14H2/b12-10+. The Morgan fingerprint density at radius 3 is 2.56 bits per heavy atom. The normalized spacial score (nSPS) is 16.6. The second-order valence-electron chi connectivity index (χ2n) is 6.09. The van der Waals surface area contributed by atoms with Crippen molar-refractivity contribution in [2.75, 3.05) is 0 Å². The van der Waals surface area contributed by atoms with Gasteiger partial charge in [0.2, 0.25) is 0 Å². The van der Waals surface area contributed by atoms with Crippen LogP contribution >= 0.6 is 0 Å². The molecule has 3 heteroatoms. The Kier molecular flexibility index (Phi) is 3.90. The fourth-order valence-electron chi connectivity index (χ4n) is 3.16. The molecule has 122 valence electrons. The van der Waals surface area contributed by atoms with E-state index >= 15 is 0 Å². The van der Waals surface area contributed by atoms with E-state index in [2.05, 4.69) is 0 Å². The summed E-state index contributed by atoms with van der Waals surface area (Å²) in [5.41, 5.74) is 1.84. The molecule has 1 aliphatic heterocycles. The van der Waals surface area contributed by atoms with Crippen LogP contribution in [0.4, 0.5) is 0 Å². The average Bonchev–Trinajstić information content (AvgIpc) is 2.66. The molecule has 0 spiro atoms. The van der Waals surface area contributed by atoms with Crippen LogP contribution in [-0.4, -0.2) is 11.8 Å². The van der Waals surface area contributed by atoms with Crippen LogP contribution in [0.25, 0.3) is 16.8 Å². The van der Waals surface area contributed by atoms with Crippen LogP contribution < -0.4 is 4.74 Å². The fraction of sp³-hybridized carbons (Fsp3) is 0.0909. The van der Waals surface area contributed by atoms with Crippen LogP contribution in [0.2, 0.25) is 0 Å². The highest BCUT2D eigenvalue weighted by Gasteiger charge is 2.33. The molecule has 4 rings (SSSR count). The maximum atomic E-state index is 12.5. The lowest BCUT2D eigenvalue weighted by molar-refractivity contribution is -0.143. The molecule has 3 aromatic rings. The number of fused-ring (bicyclic) bond motifs is 3. The molecule has 0 amide bonds. The zero-order valence-electron chi connectivity index (χ0n) is 13.5. The lowest BCUT2D eigenvalue weighted by Gasteiger charge is -2.23. The van der Waals surface area contributed by atoms with E-state index in [0.717, 1.165) is 21.9 Å². The zero-order valence-corrected chi connectivity index (χ0v) is 13.5. The second-order valence-corrected chi connectivity index (χ2v) is 6.09. The number of esters is 1. The van der Waals surface area contributed by atoms with Gasteiger partial charge in [0, 0.05) is 5.56 Å². The van der Waals surface area contributed by atoms with Crippen LogP contribution in [-0.2, 0) is 16.0 Å². The van der Waals surface area contributed by atoms with Gasteiger partial charge in [-0.2, -0.15) is 0 Å². The molecule has 0 N–H and O–H groups in total. The Bertz CT molecular complexity index is 987. The number of ketones is 1. The quantitative estimate of drug-likeness (QED) is 0.313. The Morgan fingerprint density at radius 2 is 1.72 bits per heavy atom. The van der Waals surface area contributed by atoms with Gasteiger partial charge in [-0.05, 0) is 34.9 Å². The highest BCUT2D eigenvalue weighted by atomic mass is 16.5. The van der Waals surface area contributed by atoms with Crippen LogP contribution in [0.5, 0.6) is 5.75 Å². The van der Waals surface area contributed by atoms with Gasteiger partial charge < -0.3 is 4.74 Å². The van der Waals surface area contributed by atoms with Gasteiger partial charge in [-0.15, -0.1) is 0 Å². The lowest BCUT2D eigenvalue weighted by atomic mass is 9.89. The van der Waals surface area contributed by atoms with Gasteiger partial charge in [0.05, 0.1) is 0 Å². The first-order valence-electron chi connectivity index (χ1n) is 8.22. The van der Waals surface area contributed by atoms with Crippen molar-refractivity contribution in [3.63, 3.8) is 0 Å². The van der Waals surface area contributed by atoms with Crippen LogP contribution in [0.15, 0.2) is 72.8 Å². The number of rotatable bonds is 3. The maximum absolute atomic E-state index is 12.5. The number of carbonyl (C=O) groups is 2. The summed E-state index contributed by atoms with van der Waals surface area (Å²) in [6, 6.07) is 21.2. The molecule has 0 bridgehead atoms. The summed E-state index contributed by atoms with van der Waals surface area (Å²) in [5.74, 6) is -0.948. The van der Waals surface area contributed by atoms with E-state index in [1.807, 2.05) is 60.7 Å². The first-order valence-corrected chi connectivity index (χ1v) is 8.22. The molecule has 3 nitrogen and oxygen atoms in total. The van der Waals surface area contributed by atoms with Crippen molar-refractivity contribution in [2.45, 2.75) is 6.42 Å². The highest BCUT2D eigenvalue weighted by Crippen LogP contribution is 2.34. The molecule has 3 aromatic carbocycles. The maximum Gasteiger partial charge on any atom is 0.322 e. The number of carbonyl (C=O) groups excluding carboxylic acids is 2. The van der Waals surface area contributed by atoms with E-state index < -0.39 is 11.9 Å². The van der Waals surface area contributed by atoms with Crippen molar-refractivity contribution in [3.8, 4) is 5.75 Å². The largest absolute Gasteiger partial charge is 0.426 e. The van der Waals surface area contributed by atoms with Gasteiger partial charge in [-0.25, -0.2) is 0 Å². The molecule has 0 aliphatic carbocycles. The first kappa shape index (κ1) is 15.3. The minimum Gasteiger partial charge on any atom is -0.426 e. The highest BCUT2D eigenvalue weighted by molar-refractivity contribution is 6.08. The Morgan fingerprint density at radius 1 is 0.960 bits per heavy atom. The molecule has 1 heterocycles. The summed E-state index contributed by atoms with van der Waals surface area (Å²) < 4.78 is 5.43. The van der Waals surface area contributed by atoms with E-state index in [1.165, 1.54) is 6.08 Å². The molecule has 0 radical (unpaired) electrons. The predicted octanol–water partition coefficient (Wildman–Crippen LogP) is 4.20. The van der Waals surface area contributed by atoms with Crippen molar-refractivity contribution in [1.29, 1.82) is 0 Å². The van der Waals surface area contributed by atoms with Crippen LogP contribution in [0.3, 0.4) is 0 Å². The topological polar surface area (TPSA) is 43.4 Å². The van der Waals surface area contributed by atoms with Gasteiger partial charge in [0.1, 0.15) is 11.7 Å². The minimum absolute atomic E-state index is 0.229. The molecule has 1 aliphatic rings. The third kappa shape index (κ3) is 2.96. The van der Waals surface area contributed by atoms with E-state index in [0.29, 0.717) is 12.2 Å². The zero-order chi connectivity index (χ0) is 17.2. The monoisotopic (exact) mass is 328 g/mol. The lowest BCUT2D eigenvalue weighted by Crippen LogP contribution is -2.33. The van der Waals surface area contributed by atoms with Crippen molar-refractivity contribution in [3.05, 3.63) is 83.9 Å². The summed E-state index contributed by atoms with van der Waals surface area (Å²) in [5, 5.41) is 2.10. The van der Waals surface area contributed by atoms with Crippen molar-refractivity contribution in [2.24, 2.45) is 5.92 Å². The number of hydrogen-bond acceptors (Lipinski definition) is 3. The summed E-state index contributed by atoms with van der Waals surface area (Å²) >= 11 is 0. The van der Waals surface area contributed by atoms with Gasteiger partial charge >= 0.3 is 5.97 Å². The smallest absolute Gasteiger partial charge is 0.322 e. The van der Waals surface area contributed by atoms with E-state index in [9.17, 15) is 9.59 Å². The summed E-state index contributed by atoms with van der Waals surface area (Å²) in [6.07, 6.45) is 3.57. The van der Waals surface area contributed by atoms with Gasteiger partial charge in [-0.1, -0.05) is 66.7 Å². The predicted molar refractivity (Wildman–Crippen MR) is 97.3 cm³/mol. The molecule has 0 saturated carbocycles. The van der Waals surface area contributed by atoms with Gasteiger partial charge in [0.25, 0.3) is 0 Å². The molecule has 0 fully saturated rings. The second kappa shape index (κ2) is 6.36. The fourth-order valence-corrected chi connectivity index (χ4v) is 3.16. The SMILES string of the molecule is O=C(/C=C/c1ccccc1)C1Cc2c(ccc3ccccc23)OC1=O. The Hall–Kier alpha value is -3.20. The number of ether oxygens (including phenoxy) is 1. The minimum atomic E-state index is -0.793. The molecule has 1 unspecified atom stereocenters. The molecular weight excluding hydrogens is 312 g/mol. The summed E-state index contributed by atoms with van der Waals surface area (Å²) in [7, 11) is 0. The molecular formula is C22H16O3. The van der Waals surface area contributed by atoms with Crippen LogP contribution in [0.1, 0.15) is 11.1 Å². The third-order valence-corrected chi connectivity index (χ3v) is 4.48. The first-order chi connectivity index (χ1) is 12.2. The summed E-state index contributed by atoms with van der Waals surface area (Å²) in [6.45, 7) is 0. The Labute approximate surface area is 145 Å². The van der Waals surface area contributed by atoms with E-state index in [1.54, 1.807) is 12.1 Å². The number of allylic oxidation sites excluding steroid dienone is 1. The van der Waals surface area contributed by atoms with Crippen LogP contribution in [0, 0.1) is 5.92 Å².